The molecule has 0 saturated heterocycles. The van der Waals surface area contributed by atoms with Crippen molar-refractivity contribution < 1.29 is 0 Å². The molecule has 2 nitrogen and oxygen atoms in total. The first-order chi connectivity index (χ1) is 15.6. The van der Waals surface area contributed by atoms with Crippen molar-refractivity contribution in [2.24, 2.45) is 5.92 Å². The van der Waals surface area contributed by atoms with Crippen molar-refractivity contribution in [3.8, 4) is 5.69 Å². The van der Waals surface area contributed by atoms with Crippen LogP contribution in [-0.2, 0) is 12.8 Å². The highest BCUT2D eigenvalue weighted by atomic mass is 15.1. The number of allylic oxidation sites excluding steroid dienone is 1. The van der Waals surface area contributed by atoms with E-state index in [1.165, 1.54) is 39.2 Å². The Hall–Kier alpha value is -3.26. The number of nitrogens with zero attached hydrogens (tertiary/aromatic N) is 2. The largest absolute Gasteiger partial charge is 0.342 e. The number of anilines is 2. The van der Waals surface area contributed by atoms with E-state index in [9.17, 15) is 0 Å². The summed E-state index contributed by atoms with van der Waals surface area (Å²) < 4.78 is 2.42. The Morgan fingerprint density at radius 1 is 0.906 bits per heavy atom. The molecule has 0 N–H and O–H groups in total. The topological polar surface area (TPSA) is 8.17 Å². The molecule has 0 aliphatic heterocycles. The molecule has 3 aromatic carbocycles. The molecular weight excluding hydrogens is 388 g/mol. The number of hydrogen-bond acceptors (Lipinski definition) is 1. The minimum atomic E-state index is 0.661. The van der Waals surface area contributed by atoms with Crippen LogP contribution in [0, 0.1) is 5.92 Å². The van der Waals surface area contributed by atoms with Crippen molar-refractivity contribution in [2.45, 2.75) is 40.0 Å². The second-order valence-electron chi connectivity index (χ2n) is 8.89. The first-order valence-corrected chi connectivity index (χ1v) is 11.8. The van der Waals surface area contributed by atoms with E-state index in [1.54, 1.807) is 0 Å². The van der Waals surface area contributed by atoms with Crippen LogP contribution in [0.4, 0.5) is 11.4 Å². The Morgan fingerprint density at radius 3 is 2.28 bits per heavy atom. The second-order valence-corrected chi connectivity index (χ2v) is 8.89. The van der Waals surface area contributed by atoms with Crippen molar-refractivity contribution in [1.82, 2.24) is 4.57 Å². The van der Waals surface area contributed by atoms with Gasteiger partial charge in [0.15, 0.2) is 0 Å². The van der Waals surface area contributed by atoms with E-state index in [2.05, 4.69) is 116 Å². The van der Waals surface area contributed by atoms with Gasteiger partial charge in [0.2, 0.25) is 0 Å². The Bertz CT molecular complexity index is 1170. The standard InChI is InChI=1S/C30H34N2/c1-5-7-11-29-22-25-21-24(20-23(3)4)14-19-30(25)32(29)28-17-15-27(16-18-28)31(6-2)26-12-9-8-10-13-26/h5,8-10,12-19,21-23H,1,6-7,11,20H2,2-4H3. The van der Waals surface area contributed by atoms with Crippen LogP contribution in [-0.4, -0.2) is 11.1 Å². The van der Waals surface area contributed by atoms with Gasteiger partial charge in [0.1, 0.15) is 0 Å². The molecule has 0 aliphatic carbocycles. The summed E-state index contributed by atoms with van der Waals surface area (Å²) in [5, 5.41) is 1.32. The average molecular weight is 423 g/mol. The van der Waals surface area contributed by atoms with Crippen molar-refractivity contribution >= 4 is 22.3 Å². The van der Waals surface area contributed by atoms with E-state index in [-0.39, 0.29) is 0 Å². The molecule has 0 radical (unpaired) electrons. The van der Waals surface area contributed by atoms with Crippen LogP contribution in [0.15, 0.2) is 91.5 Å². The summed E-state index contributed by atoms with van der Waals surface area (Å²) in [5.41, 5.74) is 7.68. The van der Waals surface area contributed by atoms with Crippen LogP contribution in [0.2, 0.25) is 0 Å². The lowest BCUT2D eigenvalue weighted by Gasteiger charge is -2.23. The van der Waals surface area contributed by atoms with Gasteiger partial charge in [0.25, 0.3) is 0 Å². The fraction of sp³-hybridized carbons (Fsp3) is 0.267. The molecule has 4 aromatic rings. The quantitative estimate of drug-likeness (QED) is 0.247. The molecule has 0 fully saturated rings. The zero-order valence-electron chi connectivity index (χ0n) is 19.6. The molecule has 0 atom stereocenters. The van der Waals surface area contributed by atoms with Crippen LogP contribution in [0.5, 0.6) is 0 Å². The highest BCUT2D eigenvalue weighted by molar-refractivity contribution is 5.84. The Morgan fingerprint density at radius 2 is 1.62 bits per heavy atom. The van der Waals surface area contributed by atoms with Gasteiger partial charge in [-0.05, 0) is 92.3 Å². The van der Waals surface area contributed by atoms with Gasteiger partial charge in [-0.2, -0.15) is 0 Å². The van der Waals surface area contributed by atoms with Gasteiger partial charge in [-0.3, -0.25) is 0 Å². The molecule has 164 valence electrons. The molecule has 0 aliphatic rings. The maximum Gasteiger partial charge on any atom is 0.0531 e. The lowest BCUT2D eigenvalue weighted by atomic mass is 10.0. The van der Waals surface area contributed by atoms with Gasteiger partial charge in [0.05, 0.1) is 5.52 Å². The molecule has 1 heterocycles. The van der Waals surface area contributed by atoms with Gasteiger partial charge < -0.3 is 9.47 Å². The lowest BCUT2D eigenvalue weighted by Crippen LogP contribution is -2.15. The minimum absolute atomic E-state index is 0.661. The van der Waals surface area contributed by atoms with Crippen molar-refractivity contribution in [2.75, 3.05) is 11.4 Å². The molecule has 0 bridgehead atoms. The number of hydrogen-bond donors (Lipinski definition) is 0. The van der Waals surface area contributed by atoms with Crippen LogP contribution < -0.4 is 4.90 Å². The smallest absolute Gasteiger partial charge is 0.0531 e. The van der Waals surface area contributed by atoms with Crippen LogP contribution in [0.1, 0.15) is 38.4 Å². The van der Waals surface area contributed by atoms with Crippen LogP contribution in [0.3, 0.4) is 0 Å². The molecule has 0 unspecified atom stereocenters. The molecule has 0 spiro atoms. The number of rotatable bonds is 9. The van der Waals surface area contributed by atoms with Crippen molar-refractivity contribution in [1.29, 1.82) is 0 Å². The highest BCUT2D eigenvalue weighted by Crippen LogP contribution is 2.30. The maximum absolute atomic E-state index is 3.93. The fourth-order valence-electron chi connectivity index (χ4n) is 4.56. The second kappa shape index (κ2) is 9.91. The summed E-state index contributed by atoms with van der Waals surface area (Å²) in [6, 6.07) is 28.9. The third-order valence-corrected chi connectivity index (χ3v) is 5.99. The number of fused-ring (bicyclic) bond motifs is 1. The zero-order valence-corrected chi connectivity index (χ0v) is 19.6. The maximum atomic E-state index is 3.93. The Kier molecular flexibility index (Phi) is 6.80. The molecule has 0 amide bonds. The van der Waals surface area contributed by atoms with Crippen LogP contribution >= 0.6 is 0 Å². The van der Waals surface area contributed by atoms with Crippen LogP contribution in [0.25, 0.3) is 16.6 Å². The number of para-hydroxylation sites is 1. The zero-order chi connectivity index (χ0) is 22.5. The highest BCUT2D eigenvalue weighted by Gasteiger charge is 2.13. The SMILES string of the molecule is C=CCCc1cc2cc(CC(C)C)ccc2n1-c1ccc(N(CC)c2ccccc2)cc1. The van der Waals surface area contributed by atoms with E-state index < -0.39 is 0 Å². The number of benzene rings is 3. The van der Waals surface area contributed by atoms with Gasteiger partial charge >= 0.3 is 0 Å². The molecule has 32 heavy (non-hydrogen) atoms. The van der Waals surface area contributed by atoms with E-state index >= 15 is 0 Å². The van der Waals surface area contributed by atoms with Crippen molar-refractivity contribution in [3.63, 3.8) is 0 Å². The molecule has 2 heteroatoms. The average Bonchev–Trinajstić information content (AvgIpc) is 3.16. The molecule has 1 aromatic heterocycles. The summed E-state index contributed by atoms with van der Waals surface area (Å²) in [4.78, 5) is 2.34. The van der Waals surface area contributed by atoms with Crippen molar-refractivity contribution in [3.05, 3.63) is 103 Å². The molecule has 4 rings (SSSR count). The molecular formula is C30H34N2. The predicted molar refractivity (Wildman–Crippen MR) is 139 cm³/mol. The summed E-state index contributed by atoms with van der Waals surface area (Å²) in [5.74, 6) is 0.661. The Balaban J connectivity index is 1.73. The summed E-state index contributed by atoms with van der Waals surface area (Å²) in [7, 11) is 0. The summed E-state index contributed by atoms with van der Waals surface area (Å²) in [6.07, 6.45) is 5.09. The third-order valence-electron chi connectivity index (χ3n) is 5.99. The van der Waals surface area contributed by atoms with Gasteiger partial charge in [-0.1, -0.05) is 44.2 Å². The van der Waals surface area contributed by atoms with Gasteiger partial charge in [-0.25, -0.2) is 0 Å². The predicted octanol–water partition coefficient (Wildman–Crippen LogP) is 8.11. The fourth-order valence-corrected chi connectivity index (χ4v) is 4.56. The molecule has 0 saturated carbocycles. The van der Waals surface area contributed by atoms with E-state index in [4.69, 9.17) is 0 Å². The first-order valence-electron chi connectivity index (χ1n) is 11.8. The normalized spacial score (nSPS) is 11.2. The number of aryl methyl sites for hydroxylation is 1. The summed E-state index contributed by atoms with van der Waals surface area (Å²) >= 11 is 0. The monoisotopic (exact) mass is 422 g/mol. The first kappa shape index (κ1) is 22.0. The van der Waals surface area contributed by atoms with Gasteiger partial charge in [-0.15, -0.1) is 6.58 Å². The van der Waals surface area contributed by atoms with Gasteiger partial charge in [0, 0.05) is 34.7 Å². The lowest BCUT2D eigenvalue weighted by molar-refractivity contribution is 0.648. The Labute approximate surface area is 192 Å². The van der Waals surface area contributed by atoms with E-state index in [1.807, 2.05) is 6.08 Å². The van der Waals surface area contributed by atoms with E-state index in [0.717, 1.165) is 25.8 Å². The minimum Gasteiger partial charge on any atom is -0.342 e. The summed E-state index contributed by atoms with van der Waals surface area (Å²) in [6.45, 7) is 11.6. The van der Waals surface area contributed by atoms with E-state index in [0.29, 0.717) is 5.92 Å². The number of aromatic nitrogens is 1. The third kappa shape index (κ3) is 4.65.